The van der Waals surface area contributed by atoms with Crippen LogP contribution in [-0.2, 0) is 6.54 Å². The number of nitro groups is 1. The van der Waals surface area contributed by atoms with Gasteiger partial charge in [-0.25, -0.2) is 0 Å². The number of hydrogen-bond acceptors (Lipinski definition) is 4. The van der Waals surface area contributed by atoms with Gasteiger partial charge in [-0.15, -0.1) is 0 Å². The van der Waals surface area contributed by atoms with Crippen LogP contribution in [0.2, 0.25) is 0 Å². The maximum Gasteiger partial charge on any atom is 0.269 e. The van der Waals surface area contributed by atoms with E-state index in [1.165, 1.54) is 23.5 Å². The lowest BCUT2D eigenvalue weighted by molar-refractivity contribution is -0.384. The SMILES string of the molecule is N=c1sc2ccccc2n1Cc1ccc([N+](=O)[O-])cc1. The fourth-order valence-corrected chi connectivity index (χ4v) is 3.01. The van der Waals surface area contributed by atoms with Crippen molar-refractivity contribution in [2.45, 2.75) is 6.54 Å². The minimum atomic E-state index is -0.410. The molecule has 3 rings (SSSR count). The van der Waals surface area contributed by atoms with Crippen LogP contribution in [0.15, 0.2) is 48.5 Å². The molecule has 1 aromatic heterocycles. The maximum atomic E-state index is 10.6. The first-order valence-corrected chi connectivity index (χ1v) is 6.83. The molecule has 0 unspecified atom stereocenters. The van der Waals surface area contributed by atoms with Crippen LogP contribution < -0.4 is 4.80 Å². The highest BCUT2D eigenvalue weighted by Gasteiger charge is 2.07. The fraction of sp³-hybridized carbons (Fsp3) is 0.0714. The predicted molar refractivity (Wildman–Crippen MR) is 77.9 cm³/mol. The molecule has 0 atom stereocenters. The molecule has 0 aliphatic carbocycles. The molecule has 1 heterocycles. The van der Waals surface area contributed by atoms with Crippen molar-refractivity contribution in [1.29, 1.82) is 5.41 Å². The Morgan fingerprint density at radius 1 is 1.15 bits per heavy atom. The van der Waals surface area contributed by atoms with Crippen LogP contribution in [0.25, 0.3) is 10.2 Å². The highest BCUT2D eigenvalue weighted by molar-refractivity contribution is 7.16. The number of non-ortho nitro benzene ring substituents is 1. The molecule has 0 bridgehead atoms. The van der Waals surface area contributed by atoms with E-state index in [2.05, 4.69) is 0 Å². The van der Waals surface area contributed by atoms with Crippen LogP contribution >= 0.6 is 11.3 Å². The van der Waals surface area contributed by atoms with Crippen LogP contribution in [0.3, 0.4) is 0 Å². The lowest BCUT2D eigenvalue weighted by Gasteiger charge is -2.04. The van der Waals surface area contributed by atoms with E-state index in [0.29, 0.717) is 11.3 Å². The molecule has 0 spiro atoms. The topological polar surface area (TPSA) is 71.9 Å². The summed E-state index contributed by atoms with van der Waals surface area (Å²) in [6.07, 6.45) is 0. The van der Waals surface area contributed by atoms with Gasteiger partial charge in [0, 0.05) is 12.1 Å². The first-order valence-electron chi connectivity index (χ1n) is 6.01. The summed E-state index contributed by atoms with van der Waals surface area (Å²) in [6.45, 7) is 0.543. The quantitative estimate of drug-likeness (QED) is 0.593. The van der Waals surface area contributed by atoms with Gasteiger partial charge in [0.05, 0.1) is 21.7 Å². The smallest absolute Gasteiger partial charge is 0.269 e. The molecule has 2 aromatic carbocycles. The Morgan fingerprint density at radius 3 is 2.55 bits per heavy atom. The Kier molecular flexibility index (Phi) is 3.08. The first kappa shape index (κ1) is 12.6. The lowest BCUT2D eigenvalue weighted by Crippen LogP contribution is -2.13. The second-order valence-electron chi connectivity index (χ2n) is 4.38. The number of nitrogens with one attached hydrogen (secondary N) is 1. The predicted octanol–water partition coefficient (Wildman–Crippen LogP) is 3.14. The van der Waals surface area contributed by atoms with Gasteiger partial charge in [0.15, 0.2) is 4.80 Å². The van der Waals surface area contributed by atoms with E-state index >= 15 is 0 Å². The van der Waals surface area contributed by atoms with Crippen molar-refractivity contribution < 1.29 is 4.92 Å². The molecule has 5 nitrogen and oxygen atoms in total. The Balaban J connectivity index is 1.99. The zero-order valence-electron chi connectivity index (χ0n) is 10.4. The number of benzene rings is 2. The Bertz CT molecular complexity index is 833. The summed E-state index contributed by atoms with van der Waals surface area (Å²) < 4.78 is 2.97. The standard InChI is InChI=1S/C14H11N3O2S/c15-14-16(12-3-1-2-4-13(12)20-14)9-10-5-7-11(8-6-10)17(18)19/h1-8,15H,9H2. The third-order valence-corrected chi connectivity index (χ3v) is 4.07. The number of nitro benzene ring substituents is 1. The molecule has 0 saturated carbocycles. The summed E-state index contributed by atoms with van der Waals surface area (Å²) >= 11 is 1.43. The molecule has 0 saturated heterocycles. The van der Waals surface area contributed by atoms with Crippen molar-refractivity contribution in [1.82, 2.24) is 4.57 Å². The summed E-state index contributed by atoms with van der Waals surface area (Å²) in [5.41, 5.74) is 2.04. The molecule has 20 heavy (non-hydrogen) atoms. The monoisotopic (exact) mass is 285 g/mol. The Morgan fingerprint density at radius 2 is 1.85 bits per heavy atom. The second-order valence-corrected chi connectivity index (χ2v) is 5.42. The third-order valence-electron chi connectivity index (χ3n) is 3.10. The summed E-state index contributed by atoms with van der Waals surface area (Å²) in [5.74, 6) is 0. The van der Waals surface area contributed by atoms with E-state index in [1.54, 1.807) is 12.1 Å². The fourth-order valence-electron chi connectivity index (χ4n) is 2.10. The summed E-state index contributed by atoms with van der Waals surface area (Å²) in [7, 11) is 0. The van der Waals surface area contributed by atoms with Crippen molar-refractivity contribution >= 4 is 27.2 Å². The van der Waals surface area contributed by atoms with Gasteiger partial charge in [-0.2, -0.15) is 0 Å². The van der Waals surface area contributed by atoms with E-state index in [1.807, 2.05) is 28.8 Å². The molecular weight excluding hydrogens is 274 g/mol. The van der Waals surface area contributed by atoms with Gasteiger partial charge in [0.1, 0.15) is 0 Å². The van der Waals surface area contributed by atoms with Crippen molar-refractivity contribution in [3.05, 3.63) is 69.0 Å². The lowest BCUT2D eigenvalue weighted by atomic mass is 10.2. The number of para-hydroxylation sites is 1. The van der Waals surface area contributed by atoms with E-state index < -0.39 is 4.92 Å². The van der Waals surface area contributed by atoms with Crippen LogP contribution in [0.4, 0.5) is 5.69 Å². The third kappa shape index (κ3) is 2.21. The second kappa shape index (κ2) is 4.90. The minimum Gasteiger partial charge on any atom is -0.312 e. The highest BCUT2D eigenvalue weighted by atomic mass is 32.1. The Hall–Kier alpha value is -2.47. The summed E-state index contributed by atoms with van der Waals surface area (Å²) in [4.78, 5) is 10.7. The number of aromatic nitrogens is 1. The van der Waals surface area contributed by atoms with Gasteiger partial charge >= 0.3 is 0 Å². The van der Waals surface area contributed by atoms with Gasteiger partial charge in [-0.3, -0.25) is 15.5 Å². The van der Waals surface area contributed by atoms with Crippen LogP contribution in [0.1, 0.15) is 5.56 Å². The molecule has 100 valence electrons. The normalized spacial score (nSPS) is 10.8. The molecule has 0 aliphatic rings. The van der Waals surface area contributed by atoms with Crippen molar-refractivity contribution in [3.63, 3.8) is 0 Å². The summed E-state index contributed by atoms with van der Waals surface area (Å²) in [6, 6.07) is 14.3. The van der Waals surface area contributed by atoms with Gasteiger partial charge in [0.2, 0.25) is 0 Å². The summed E-state index contributed by atoms with van der Waals surface area (Å²) in [5, 5.41) is 18.7. The van der Waals surface area contributed by atoms with Crippen molar-refractivity contribution in [3.8, 4) is 0 Å². The van der Waals surface area contributed by atoms with Gasteiger partial charge in [-0.1, -0.05) is 35.6 Å². The number of nitrogens with zero attached hydrogens (tertiary/aromatic N) is 2. The molecular formula is C14H11N3O2S. The van der Waals surface area contributed by atoms with Gasteiger partial charge < -0.3 is 4.57 Å². The average molecular weight is 285 g/mol. The first-order chi connectivity index (χ1) is 9.65. The van der Waals surface area contributed by atoms with Crippen LogP contribution in [-0.4, -0.2) is 9.49 Å². The molecule has 0 fully saturated rings. The average Bonchev–Trinajstić information content (AvgIpc) is 2.76. The van der Waals surface area contributed by atoms with Gasteiger partial charge in [-0.05, 0) is 17.7 Å². The van der Waals surface area contributed by atoms with E-state index in [0.717, 1.165) is 15.8 Å². The van der Waals surface area contributed by atoms with E-state index in [4.69, 9.17) is 5.41 Å². The minimum absolute atomic E-state index is 0.0834. The van der Waals surface area contributed by atoms with Gasteiger partial charge in [0.25, 0.3) is 5.69 Å². The van der Waals surface area contributed by atoms with Crippen LogP contribution in [0, 0.1) is 15.5 Å². The highest BCUT2D eigenvalue weighted by Crippen LogP contribution is 2.18. The molecule has 0 radical (unpaired) electrons. The molecule has 1 N–H and O–H groups in total. The molecule has 0 aliphatic heterocycles. The van der Waals surface area contributed by atoms with E-state index in [9.17, 15) is 10.1 Å². The number of rotatable bonds is 3. The Labute approximate surface area is 118 Å². The molecule has 3 aromatic rings. The number of hydrogen-bond donors (Lipinski definition) is 1. The molecule has 0 amide bonds. The zero-order chi connectivity index (χ0) is 14.1. The molecule has 6 heteroatoms. The van der Waals surface area contributed by atoms with E-state index in [-0.39, 0.29) is 5.69 Å². The largest absolute Gasteiger partial charge is 0.312 e. The van der Waals surface area contributed by atoms with Crippen molar-refractivity contribution in [2.24, 2.45) is 0 Å². The van der Waals surface area contributed by atoms with Crippen LogP contribution in [0.5, 0.6) is 0 Å². The maximum absolute atomic E-state index is 10.6. The zero-order valence-corrected chi connectivity index (χ0v) is 11.3. The number of fused-ring (bicyclic) bond motifs is 1. The van der Waals surface area contributed by atoms with Crippen molar-refractivity contribution in [2.75, 3.05) is 0 Å². The number of thiazole rings is 1.